The van der Waals surface area contributed by atoms with E-state index in [1.54, 1.807) is 7.05 Å². The van der Waals surface area contributed by atoms with Gasteiger partial charge in [-0.3, -0.25) is 10.1 Å². The van der Waals surface area contributed by atoms with Crippen LogP contribution in [-0.2, 0) is 19.9 Å². The van der Waals surface area contributed by atoms with Gasteiger partial charge >= 0.3 is 5.69 Å². The maximum absolute atomic E-state index is 11.1. The van der Waals surface area contributed by atoms with Crippen molar-refractivity contribution in [2.45, 2.75) is 19.8 Å². The van der Waals surface area contributed by atoms with Gasteiger partial charge in [-0.2, -0.15) is 10.1 Å². The predicted octanol–water partition coefficient (Wildman–Crippen LogP) is 0.928. The van der Waals surface area contributed by atoms with Crippen molar-refractivity contribution < 1.29 is 9.45 Å². The van der Waals surface area contributed by atoms with Gasteiger partial charge in [0.1, 0.15) is 5.69 Å². The monoisotopic (exact) mass is 266 g/mol. The molecule has 9 nitrogen and oxygen atoms in total. The van der Waals surface area contributed by atoms with Crippen LogP contribution in [0.15, 0.2) is 10.9 Å². The first-order valence-corrected chi connectivity index (χ1v) is 5.83. The zero-order valence-electron chi connectivity index (χ0n) is 10.7. The number of anilines is 1. The molecule has 2 heterocycles. The van der Waals surface area contributed by atoms with Gasteiger partial charge in [0.25, 0.3) is 0 Å². The standard InChI is InChI=1S/C10H14N6O3/c1-3-7-9(16(17)18)10(15(2)14-7)11-5-4-8-12-6-13-19-8/h6,11H,3-5H2,1-2H3. The molecule has 0 aliphatic heterocycles. The minimum Gasteiger partial charge on any atom is -0.364 e. The normalized spacial score (nSPS) is 10.6. The number of nitrogens with one attached hydrogen (secondary N) is 1. The molecule has 0 atom stereocenters. The van der Waals surface area contributed by atoms with Gasteiger partial charge in [-0.25, -0.2) is 4.68 Å². The summed E-state index contributed by atoms with van der Waals surface area (Å²) in [5.74, 6) is 0.870. The molecule has 2 aromatic heterocycles. The first-order chi connectivity index (χ1) is 9.13. The zero-order valence-corrected chi connectivity index (χ0v) is 10.7. The maximum atomic E-state index is 11.1. The molecule has 0 spiro atoms. The molecule has 0 aliphatic rings. The number of hydrogen-bond donors (Lipinski definition) is 1. The van der Waals surface area contributed by atoms with E-state index >= 15 is 0 Å². The number of nitro groups is 1. The summed E-state index contributed by atoms with van der Waals surface area (Å²) in [6.45, 7) is 2.28. The van der Waals surface area contributed by atoms with Crippen molar-refractivity contribution in [2.24, 2.45) is 7.05 Å². The van der Waals surface area contributed by atoms with Crippen LogP contribution in [0.3, 0.4) is 0 Å². The van der Waals surface area contributed by atoms with E-state index in [1.165, 1.54) is 11.0 Å². The highest BCUT2D eigenvalue weighted by Crippen LogP contribution is 2.28. The third kappa shape index (κ3) is 2.69. The molecule has 0 fully saturated rings. The van der Waals surface area contributed by atoms with Gasteiger partial charge in [0.05, 0.1) is 4.92 Å². The number of rotatable bonds is 6. The molecule has 0 saturated carbocycles. The van der Waals surface area contributed by atoms with Crippen LogP contribution in [-0.4, -0.2) is 31.4 Å². The lowest BCUT2D eigenvalue weighted by Crippen LogP contribution is -2.10. The van der Waals surface area contributed by atoms with Crippen molar-refractivity contribution >= 4 is 11.5 Å². The molecule has 0 bridgehead atoms. The van der Waals surface area contributed by atoms with Crippen molar-refractivity contribution in [1.29, 1.82) is 0 Å². The zero-order chi connectivity index (χ0) is 13.8. The quantitative estimate of drug-likeness (QED) is 0.611. The van der Waals surface area contributed by atoms with Gasteiger partial charge in [-0.05, 0) is 6.42 Å². The average molecular weight is 266 g/mol. The van der Waals surface area contributed by atoms with Gasteiger partial charge in [0.15, 0.2) is 6.33 Å². The number of aryl methyl sites for hydroxylation is 2. The molecule has 0 unspecified atom stereocenters. The molecule has 0 radical (unpaired) electrons. The van der Waals surface area contributed by atoms with Gasteiger partial charge in [-0.15, -0.1) is 0 Å². The second kappa shape index (κ2) is 5.46. The first kappa shape index (κ1) is 13.0. The van der Waals surface area contributed by atoms with E-state index in [-0.39, 0.29) is 5.69 Å². The summed E-state index contributed by atoms with van der Waals surface area (Å²) in [7, 11) is 1.67. The molecule has 0 aromatic carbocycles. The average Bonchev–Trinajstić information content (AvgIpc) is 2.97. The predicted molar refractivity (Wildman–Crippen MR) is 65.7 cm³/mol. The Balaban J connectivity index is 2.10. The lowest BCUT2D eigenvalue weighted by atomic mass is 10.3. The first-order valence-electron chi connectivity index (χ1n) is 5.83. The third-order valence-corrected chi connectivity index (χ3v) is 2.65. The lowest BCUT2D eigenvalue weighted by molar-refractivity contribution is -0.384. The Kier molecular flexibility index (Phi) is 3.74. The van der Waals surface area contributed by atoms with E-state index in [9.17, 15) is 10.1 Å². The number of nitrogens with zero attached hydrogens (tertiary/aromatic N) is 5. The van der Waals surface area contributed by atoms with E-state index < -0.39 is 4.92 Å². The Bertz CT molecular complexity index is 562. The van der Waals surface area contributed by atoms with Crippen molar-refractivity contribution in [2.75, 3.05) is 11.9 Å². The Labute approximate surface area is 108 Å². The SMILES string of the molecule is CCc1nn(C)c(NCCc2ncno2)c1[N+](=O)[O-]. The van der Waals surface area contributed by atoms with Gasteiger partial charge < -0.3 is 9.84 Å². The molecule has 2 aromatic rings. The molecule has 2 rings (SSSR count). The van der Waals surface area contributed by atoms with Crippen molar-refractivity contribution in [1.82, 2.24) is 19.9 Å². The highest BCUT2D eigenvalue weighted by Gasteiger charge is 2.25. The van der Waals surface area contributed by atoms with Crippen LogP contribution >= 0.6 is 0 Å². The van der Waals surface area contributed by atoms with Crippen LogP contribution in [0, 0.1) is 10.1 Å². The van der Waals surface area contributed by atoms with Crippen LogP contribution in [0.4, 0.5) is 11.5 Å². The molecular formula is C10H14N6O3. The number of hydrogen-bond acceptors (Lipinski definition) is 7. The van der Waals surface area contributed by atoms with Gasteiger partial charge in [0.2, 0.25) is 11.7 Å². The molecule has 0 amide bonds. The van der Waals surface area contributed by atoms with E-state index in [4.69, 9.17) is 4.52 Å². The van der Waals surface area contributed by atoms with Crippen molar-refractivity contribution in [3.05, 3.63) is 28.0 Å². The van der Waals surface area contributed by atoms with E-state index in [0.29, 0.717) is 36.8 Å². The molecule has 9 heteroatoms. The fraction of sp³-hybridized carbons (Fsp3) is 0.500. The van der Waals surface area contributed by atoms with Crippen LogP contribution < -0.4 is 5.32 Å². The number of aromatic nitrogens is 4. The molecular weight excluding hydrogens is 252 g/mol. The minimum absolute atomic E-state index is 0.0236. The largest absolute Gasteiger partial charge is 0.364 e. The van der Waals surface area contributed by atoms with Crippen LogP contribution in [0.1, 0.15) is 18.5 Å². The second-order valence-corrected chi connectivity index (χ2v) is 3.89. The second-order valence-electron chi connectivity index (χ2n) is 3.89. The summed E-state index contributed by atoms with van der Waals surface area (Å²) in [5, 5.41) is 21.7. The van der Waals surface area contributed by atoms with Crippen LogP contribution in [0.25, 0.3) is 0 Å². The third-order valence-electron chi connectivity index (χ3n) is 2.65. The van der Waals surface area contributed by atoms with Crippen LogP contribution in [0.5, 0.6) is 0 Å². The summed E-state index contributed by atoms with van der Waals surface area (Å²) in [6.07, 6.45) is 2.32. The molecule has 0 saturated heterocycles. The van der Waals surface area contributed by atoms with E-state index in [2.05, 4.69) is 20.6 Å². The van der Waals surface area contributed by atoms with E-state index in [0.717, 1.165) is 0 Å². The van der Waals surface area contributed by atoms with E-state index in [1.807, 2.05) is 6.92 Å². The Morgan fingerprint density at radius 2 is 2.37 bits per heavy atom. The summed E-state index contributed by atoms with van der Waals surface area (Å²) in [6, 6.07) is 0. The fourth-order valence-corrected chi connectivity index (χ4v) is 1.79. The molecule has 19 heavy (non-hydrogen) atoms. The summed E-state index contributed by atoms with van der Waals surface area (Å²) >= 11 is 0. The maximum Gasteiger partial charge on any atom is 0.333 e. The van der Waals surface area contributed by atoms with Gasteiger partial charge in [-0.1, -0.05) is 12.1 Å². The fourth-order valence-electron chi connectivity index (χ4n) is 1.79. The Hall–Kier alpha value is -2.45. The summed E-state index contributed by atoms with van der Waals surface area (Å²) in [5.41, 5.74) is 0.489. The van der Waals surface area contributed by atoms with Crippen molar-refractivity contribution in [3.63, 3.8) is 0 Å². The topological polar surface area (TPSA) is 112 Å². The molecule has 0 aliphatic carbocycles. The van der Waals surface area contributed by atoms with Crippen molar-refractivity contribution in [3.8, 4) is 0 Å². The highest BCUT2D eigenvalue weighted by atomic mass is 16.6. The highest BCUT2D eigenvalue weighted by molar-refractivity contribution is 5.59. The molecule has 1 N–H and O–H groups in total. The van der Waals surface area contributed by atoms with Gasteiger partial charge in [0, 0.05) is 20.0 Å². The molecule has 102 valence electrons. The Morgan fingerprint density at radius 3 is 2.95 bits per heavy atom. The Morgan fingerprint density at radius 1 is 1.58 bits per heavy atom. The summed E-state index contributed by atoms with van der Waals surface area (Å²) < 4.78 is 6.33. The minimum atomic E-state index is -0.416. The smallest absolute Gasteiger partial charge is 0.333 e. The van der Waals surface area contributed by atoms with Crippen LogP contribution in [0.2, 0.25) is 0 Å². The summed E-state index contributed by atoms with van der Waals surface area (Å²) in [4.78, 5) is 14.5. The lowest BCUT2D eigenvalue weighted by Gasteiger charge is -2.03.